The van der Waals surface area contributed by atoms with Gasteiger partial charge in [-0.05, 0) is 28.1 Å². The lowest BCUT2D eigenvalue weighted by molar-refractivity contribution is -0.182. The van der Waals surface area contributed by atoms with E-state index < -0.39 is 0 Å². The molecule has 2 aromatic heterocycles. The lowest BCUT2D eigenvalue weighted by atomic mass is 10.3. The SMILES string of the molecule is BrCC1OCC(n2ccc3cc(Br)cnc32)CO1. The second-order valence-corrected chi connectivity index (χ2v) is 5.76. The van der Waals surface area contributed by atoms with Gasteiger partial charge in [0.15, 0.2) is 6.29 Å². The first-order valence-electron chi connectivity index (χ1n) is 5.69. The summed E-state index contributed by atoms with van der Waals surface area (Å²) in [5.74, 6) is 0. The molecule has 18 heavy (non-hydrogen) atoms. The van der Waals surface area contributed by atoms with E-state index in [-0.39, 0.29) is 12.3 Å². The number of aromatic nitrogens is 2. The fourth-order valence-corrected chi connectivity index (χ4v) is 2.82. The van der Waals surface area contributed by atoms with Crippen LogP contribution < -0.4 is 0 Å². The quantitative estimate of drug-likeness (QED) is 0.756. The number of fused-ring (bicyclic) bond motifs is 1. The van der Waals surface area contributed by atoms with Crippen LogP contribution in [0.1, 0.15) is 6.04 Å². The van der Waals surface area contributed by atoms with Crippen molar-refractivity contribution < 1.29 is 9.47 Å². The molecule has 3 heterocycles. The topological polar surface area (TPSA) is 36.3 Å². The van der Waals surface area contributed by atoms with Crippen molar-refractivity contribution in [2.75, 3.05) is 18.5 Å². The molecular weight excluding hydrogens is 364 g/mol. The number of pyridine rings is 1. The highest BCUT2D eigenvalue weighted by atomic mass is 79.9. The van der Waals surface area contributed by atoms with Crippen molar-refractivity contribution >= 4 is 42.9 Å². The number of ether oxygens (including phenoxy) is 2. The van der Waals surface area contributed by atoms with Gasteiger partial charge in [-0.25, -0.2) is 4.98 Å². The molecule has 3 rings (SSSR count). The normalized spacial score (nSPS) is 24.6. The predicted molar refractivity (Wildman–Crippen MR) is 76.0 cm³/mol. The predicted octanol–water partition coefficient (Wildman–Crippen LogP) is 3.11. The Balaban J connectivity index is 1.87. The van der Waals surface area contributed by atoms with E-state index in [0.29, 0.717) is 18.5 Å². The van der Waals surface area contributed by atoms with Gasteiger partial charge in [0.2, 0.25) is 0 Å². The van der Waals surface area contributed by atoms with Crippen LogP contribution in [0.4, 0.5) is 0 Å². The van der Waals surface area contributed by atoms with Crippen LogP contribution in [0.2, 0.25) is 0 Å². The van der Waals surface area contributed by atoms with Crippen LogP contribution >= 0.6 is 31.9 Å². The van der Waals surface area contributed by atoms with Gasteiger partial charge in [-0.2, -0.15) is 0 Å². The van der Waals surface area contributed by atoms with Crippen LogP contribution in [0, 0.1) is 0 Å². The Hall–Kier alpha value is -0.430. The minimum Gasteiger partial charge on any atom is -0.350 e. The molecule has 1 aliphatic heterocycles. The average molecular weight is 376 g/mol. The second kappa shape index (κ2) is 5.28. The van der Waals surface area contributed by atoms with Crippen molar-refractivity contribution in [1.29, 1.82) is 0 Å². The summed E-state index contributed by atoms with van der Waals surface area (Å²) in [6.07, 6.45) is 3.71. The molecule has 0 amide bonds. The molecule has 96 valence electrons. The lowest BCUT2D eigenvalue weighted by Gasteiger charge is -2.29. The molecule has 0 atom stereocenters. The minimum absolute atomic E-state index is 0.134. The monoisotopic (exact) mass is 374 g/mol. The molecule has 0 unspecified atom stereocenters. The highest BCUT2D eigenvalue weighted by molar-refractivity contribution is 9.10. The van der Waals surface area contributed by atoms with Gasteiger partial charge in [-0.3, -0.25) is 0 Å². The molecule has 0 bridgehead atoms. The third kappa shape index (κ3) is 2.34. The number of alkyl halides is 1. The van der Waals surface area contributed by atoms with Gasteiger partial charge in [0.05, 0.1) is 24.6 Å². The molecule has 0 aromatic carbocycles. The molecule has 0 saturated carbocycles. The zero-order valence-corrected chi connectivity index (χ0v) is 12.7. The molecule has 0 spiro atoms. The first-order chi connectivity index (χ1) is 8.78. The summed E-state index contributed by atoms with van der Waals surface area (Å²) in [4.78, 5) is 4.45. The Labute approximate surface area is 122 Å². The van der Waals surface area contributed by atoms with Crippen molar-refractivity contribution in [1.82, 2.24) is 9.55 Å². The van der Waals surface area contributed by atoms with Gasteiger partial charge in [0, 0.05) is 22.3 Å². The van der Waals surface area contributed by atoms with Crippen LogP contribution in [-0.4, -0.2) is 34.4 Å². The summed E-state index contributed by atoms with van der Waals surface area (Å²) < 4.78 is 14.3. The van der Waals surface area contributed by atoms with Crippen molar-refractivity contribution in [3.63, 3.8) is 0 Å². The maximum Gasteiger partial charge on any atom is 0.167 e. The van der Waals surface area contributed by atoms with E-state index in [4.69, 9.17) is 9.47 Å². The number of nitrogens with zero attached hydrogens (tertiary/aromatic N) is 2. The Kier molecular flexibility index (Phi) is 3.70. The van der Waals surface area contributed by atoms with Crippen LogP contribution in [0.5, 0.6) is 0 Å². The van der Waals surface area contributed by atoms with Gasteiger partial charge in [-0.15, -0.1) is 0 Å². The number of hydrogen-bond acceptors (Lipinski definition) is 3. The molecule has 0 aliphatic carbocycles. The molecule has 6 heteroatoms. The first kappa shape index (κ1) is 12.6. The molecule has 1 saturated heterocycles. The Bertz CT molecular complexity index is 550. The second-order valence-electron chi connectivity index (χ2n) is 4.19. The highest BCUT2D eigenvalue weighted by Crippen LogP contribution is 2.24. The minimum atomic E-state index is -0.134. The van der Waals surface area contributed by atoms with Crippen LogP contribution in [0.25, 0.3) is 11.0 Å². The fraction of sp³-hybridized carbons (Fsp3) is 0.417. The van der Waals surface area contributed by atoms with Crippen molar-refractivity contribution in [2.24, 2.45) is 0 Å². The standard InChI is InChI=1S/C12H12Br2N2O2/c13-4-11-17-6-10(7-18-11)16-2-1-8-3-9(14)5-15-12(8)16/h1-3,5,10-11H,4,6-7H2. The molecule has 1 aliphatic rings. The van der Waals surface area contributed by atoms with Crippen LogP contribution in [0.3, 0.4) is 0 Å². The molecule has 1 fully saturated rings. The number of hydrogen-bond donors (Lipinski definition) is 0. The van der Waals surface area contributed by atoms with Crippen LogP contribution in [-0.2, 0) is 9.47 Å². The first-order valence-corrected chi connectivity index (χ1v) is 7.60. The van der Waals surface area contributed by atoms with Crippen molar-refractivity contribution in [2.45, 2.75) is 12.3 Å². The van der Waals surface area contributed by atoms with Gasteiger partial charge < -0.3 is 14.0 Å². The van der Waals surface area contributed by atoms with Gasteiger partial charge >= 0.3 is 0 Å². The zero-order valence-electron chi connectivity index (χ0n) is 9.55. The third-order valence-corrected chi connectivity index (χ3v) is 3.95. The lowest BCUT2D eigenvalue weighted by Crippen LogP contribution is -2.34. The molecule has 2 aromatic rings. The van der Waals surface area contributed by atoms with E-state index in [0.717, 1.165) is 15.5 Å². The average Bonchev–Trinajstić information content (AvgIpc) is 2.81. The largest absolute Gasteiger partial charge is 0.350 e. The van der Waals surface area contributed by atoms with Crippen molar-refractivity contribution in [3.8, 4) is 0 Å². The maximum absolute atomic E-state index is 5.61. The van der Waals surface area contributed by atoms with Gasteiger partial charge in [0.25, 0.3) is 0 Å². The number of rotatable bonds is 2. The highest BCUT2D eigenvalue weighted by Gasteiger charge is 2.23. The van der Waals surface area contributed by atoms with E-state index >= 15 is 0 Å². The van der Waals surface area contributed by atoms with Crippen molar-refractivity contribution in [3.05, 3.63) is 29.0 Å². The maximum atomic E-state index is 5.61. The third-order valence-electron chi connectivity index (χ3n) is 2.99. The smallest absolute Gasteiger partial charge is 0.167 e. The van der Waals surface area contributed by atoms with Crippen LogP contribution in [0.15, 0.2) is 29.0 Å². The molecular formula is C12H12Br2N2O2. The Morgan fingerprint density at radius 3 is 2.89 bits per heavy atom. The molecule has 0 N–H and O–H groups in total. The van der Waals surface area contributed by atoms with E-state index in [9.17, 15) is 0 Å². The van der Waals surface area contributed by atoms with E-state index in [1.165, 1.54) is 0 Å². The van der Waals surface area contributed by atoms with E-state index in [2.05, 4.69) is 53.5 Å². The van der Waals surface area contributed by atoms with Gasteiger partial charge in [0.1, 0.15) is 5.65 Å². The summed E-state index contributed by atoms with van der Waals surface area (Å²) >= 11 is 6.78. The zero-order chi connectivity index (χ0) is 12.5. The van der Waals surface area contributed by atoms with E-state index in [1.54, 1.807) is 0 Å². The Morgan fingerprint density at radius 1 is 1.39 bits per heavy atom. The summed E-state index contributed by atoms with van der Waals surface area (Å²) in [6.45, 7) is 1.30. The summed E-state index contributed by atoms with van der Waals surface area (Å²) in [6, 6.07) is 4.31. The fourth-order valence-electron chi connectivity index (χ4n) is 2.09. The summed E-state index contributed by atoms with van der Waals surface area (Å²) in [5, 5.41) is 1.82. The molecule has 0 radical (unpaired) electrons. The summed E-state index contributed by atoms with van der Waals surface area (Å²) in [7, 11) is 0. The molecule has 4 nitrogen and oxygen atoms in total. The number of halogens is 2. The Morgan fingerprint density at radius 2 is 2.17 bits per heavy atom. The van der Waals surface area contributed by atoms with E-state index in [1.807, 2.05) is 12.4 Å². The summed E-state index contributed by atoms with van der Waals surface area (Å²) in [5.41, 5.74) is 0.965. The van der Waals surface area contributed by atoms with Gasteiger partial charge in [-0.1, -0.05) is 15.9 Å².